The first-order valence-corrected chi connectivity index (χ1v) is 8.78. The summed E-state index contributed by atoms with van der Waals surface area (Å²) in [5.74, 6) is -2.46. The van der Waals surface area contributed by atoms with Gasteiger partial charge in [0.25, 0.3) is 0 Å². The zero-order chi connectivity index (χ0) is 16.5. The standard InChI is InChI=1S/C13H15BrN2O5S/c14-10-4-9(12(15)17)5-11(6-10)22(20,21)16-3-1-2-8(7-16)13(18)19/h4-6,8H,1-3,7H2,(H2,15,17)(H,18,19). The Labute approximate surface area is 136 Å². The Morgan fingerprint density at radius 1 is 1.32 bits per heavy atom. The molecule has 1 heterocycles. The minimum atomic E-state index is -3.87. The average molecular weight is 391 g/mol. The minimum Gasteiger partial charge on any atom is -0.481 e. The molecule has 0 saturated carbocycles. The number of hydrogen-bond donors (Lipinski definition) is 2. The largest absolute Gasteiger partial charge is 0.481 e. The molecule has 2 rings (SSSR count). The monoisotopic (exact) mass is 390 g/mol. The van der Waals surface area contributed by atoms with Crippen LogP contribution in [-0.4, -0.2) is 42.8 Å². The number of carbonyl (C=O) groups excluding carboxylic acids is 1. The predicted molar refractivity (Wildman–Crippen MR) is 81.8 cm³/mol. The molecule has 7 nitrogen and oxygen atoms in total. The molecule has 3 N–H and O–H groups in total. The third-order valence-electron chi connectivity index (χ3n) is 3.53. The van der Waals surface area contributed by atoms with Crippen LogP contribution in [0.15, 0.2) is 27.6 Å². The summed E-state index contributed by atoms with van der Waals surface area (Å²) in [6.07, 6.45) is 0.930. The number of benzene rings is 1. The lowest BCUT2D eigenvalue weighted by molar-refractivity contribution is -0.142. The molecule has 0 radical (unpaired) electrons. The molecule has 1 atom stereocenters. The molecule has 1 aliphatic rings. The third-order valence-corrected chi connectivity index (χ3v) is 5.83. The van der Waals surface area contributed by atoms with E-state index in [1.165, 1.54) is 18.2 Å². The number of rotatable bonds is 4. The van der Waals surface area contributed by atoms with E-state index in [9.17, 15) is 18.0 Å². The van der Waals surface area contributed by atoms with Crippen molar-refractivity contribution in [2.45, 2.75) is 17.7 Å². The van der Waals surface area contributed by atoms with E-state index < -0.39 is 27.8 Å². The highest BCUT2D eigenvalue weighted by Crippen LogP contribution is 2.26. The van der Waals surface area contributed by atoms with E-state index in [1.807, 2.05) is 0 Å². The second-order valence-electron chi connectivity index (χ2n) is 5.08. The van der Waals surface area contributed by atoms with Crippen molar-refractivity contribution >= 4 is 37.8 Å². The average Bonchev–Trinajstić information content (AvgIpc) is 2.46. The van der Waals surface area contributed by atoms with Crippen molar-refractivity contribution in [2.24, 2.45) is 11.7 Å². The number of nitrogens with zero attached hydrogens (tertiary/aromatic N) is 1. The maximum absolute atomic E-state index is 12.6. The van der Waals surface area contributed by atoms with Crippen LogP contribution in [0.4, 0.5) is 0 Å². The Hall–Kier alpha value is -1.45. The summed E-state index contributed by atoms with van der Waals surface area (Å²) in [5.41, 5.74) is 5.26. The molecule has 1 aliphatic heterocycles. The van der Waals surface area contributed by atoms with E-state index in [1.54, 1.807) is 0 Å². The van der Waals surface area contributed by atoms with Gasteiger partial charge in [0.05, 0.1) is 10.8 Å². The summed E-state index contributed by atoms with van der Waals surface area (Å²) >= 11 is 3.15. The number of primary amides is 1. The number of piperidine rings is 1. The van der Waals surface area contributed by atoms with E-state index in [4.69, 9.17) is 10.8 Å². The Morgan fingerprint density at radius 3 is 2.59 bits per heavy atom. The van der Waals surface area contributed by atoms with Crippen molar-refractivity contribution < 1.29 is 23.1 Å². The maximum atomic E-state index is 12.6. The first kappa shape index (κ1) is 16.9. The second-order valence-corrected chi connectivity index (χ2v) is 7.93. The van der Waals surface area contributed by atoms with Crippen LogP contribution in [0.1, 0.15) is 23.2 Å². The molecule has 120 valence electrons. The molecule has 22 heavy (non-hydrogen) atoms. The zero-order valence-electron chi connectivity index (χ0n) is 11.5. The van der Waals surface area contributed by atoms with E-state index in [0.29, 0.717) is 17.3 Å². The summed E-state index contributed by atoms with van der Waals surface area (Å²) in [7, 11) is -3.87. The number of aliphatic carboxylic acids is 1. The van der Waals surface area contributed by atoms with Crippen LogP contribution in [0, 0.1) is 5.92 Å². The molecule has 9 heteroatoms. The van der Waals surface area contributed by atoms with Gasteiger partial charge in [-0.05, 0) is 31.0 Å². The molecule has 1 aromatic rings. The highest BCUT2D eigenvalue weighted by atomic mass is 79.9. The van der Waals surface area contributed by atoms with Crippen LogP contribution in [0.5, 0.6) is 0 Å². The number of hydrogen-bond acceptors (Lipinski definition) is 4. The Kier molecular flexibility index (Phi) is 4.88. The van der Waals surface area contributed by atoms with Crippen molar-refractivity contribution in [1.82, 2.24) is 4.31 Å². The summed E-state index contributed by atoms with van der Waals surface area (Å²) in [6, 6.07) is 4.00. The van der Waals surface area contributed by atoms with Gasteiger partial charge in [-0.3, -0.25) is 9.59 Å². The van der Waals surface area contributed by atoms with Crippen molar-refractivity contribution in [1.29, 1.82) is 0 Å². The molecular weight excluding hydrogens is 376 g/mol. The van der Waals surface area contributed by atoms with Crippen LogP contribution in [-0.2, 0) is 14.8 Å². The summed E-state index contributed by atoms with van der Waals surface area (Å²) in [5, 5.41) is 9.06. The van der Waals surface area contributed by atoms with Crippen LogP contribution in [0.2, 0.25) is 0 Å². The quantitative estimate of drug-likeness (QED) is 0.795. The molecule has 0 spiro atoms. The number of carbonyl (C=O) groups is 2. The predicted octanol–water partition coefficient (Wildman–Crippen LogP) is 1.03. The lowest BCUT2D eigenvalue weighted by atomic mass is 10.0. The highest BCUT2D eigenvalue weighted by molar-refractivity contribution is 9.10. The fourth-order valence-electron chi connectivity index (χ4n) is 2.37. The van der Waals surface area contributed by atoms with Crippen molar-refractivity contribution in [3.63, 3.8) is 0 Å². The van der Waals surface area contributed by atoms with Crippen molar-refractivity contribution in [3.8, 4) is 0 Å². The van der Waals surface area contributed by atoms with Crippen LogP contribution in [0.25, 0.3) is 0 Å². The number of carboxylic acid groups (broad SMARTS) is 1. The number of halogens is 1. The molecular formula is C13H15BrN2O5S. The molecule has 0 bridgehead atoms. The summed E-state index contributed by atoms with van der Waals surface area (Å²) in [4.78, 5) is 22.3. The number of amides is 1. The fraction of sp³-hybridized carbons (Fsp3) is 0.385. The molecule has 0 aliphatic carbocycles. The molecule has 1 fully saturated rings. The van der Waals surface area contributed by atoms with Crippen LogP contribution >= 0.6 is 15.9 Å². The van der Waals surface area contributed by atoms with E-state index in [2.05, 4.69) is 15.9 Å². The zero-order valence-corrected chi connectivity index (χ0v) is 13.9. The highest BCUT2D eigenvalue weighted by Gasteiger charge is 2.33. The third kappa shape index (κ3) is 3.47. The Balaban J connectivity index is 2.38. The van der Waals surface area contributed by atoms with Crippen LogP contribution < -0.4 is 5.73 Å². The molecule has 1 unspecified atom stereocenters. The number of sulfonamides is 1. The number of nitrogens with two attached hydrogens (primary N) is 1. The molecule has 1 amide bonds. The molecule has 1 saturated heterocycles. The van der Waals surface area contributed by atoms with Gasteiger partial charge in [-0.2, -0.15) is 4.31 Å². The van der Waals surface area contributed by atoms with E-state index in [-0.39, 0.29) is 23.5 Å². The van der Waals surface area contributed by atoms with Gasteiger partial charge >= 0.3 is 5.97 Å². The maximum Gasteiger partial charge on any atom is 0.307 e. The SMILES string of the molecule is NC(=O)c1cc(Br)cc(S(=O)(=O)N2CCCC(C(=O)O)C2)c1. The van der Waals surface area contributed by atoms with Crippen molar-refractivity contribution in [2.75, 3.05) is 13.1 Å². The van der Waals surface area contributed by atoms with Gasteiger partial charge in [0, 0.05) is 23.1 Å². The smallest absolute Gasteiger partial charge is 0.307 e. The first-order chi connectivity index (χ1) is 10.2. The Morgan fingerprint density at radius 2 is 2.00 bits per heavy atom. The molecule has 1 aromatic carbocycles. The Bertz CT molecular complexity index is 719. The lowest BCUT2D eigenvalue weighted by Gasteiger charge is -2.29. The number of carboxylic acids is 1. The summed E-state index contributed by atoms with van der Waals surface area (Å²) in [6.45, 7) is 0.181. The summed E-state index contributed by atoms with van der Waals surface area (Å²) < 4.78 is 26.8. The van der Waals surface area contributed by atoms with Gasteiger partial charge in [-0.15, -0.1) is 0 Å². The first-order valence-electron chi connectivity index (χ1n) is 6.55. The lowest BCUT2D eigenvalue weighted by Crippen LogP contribution is -2.42. The molecule has 0 aromatic heterocycles. The van der Waals surface area contributed by atoms with Crippen molar-refractivity contribution in [3.05, 3.63) is 28.2 Å². The van der Waals surface area contributed by atoms with Gasteiger partial charge in [0.1, 0.15) is 0 Å². The second kappa shape index (κ2) is 6.35. The van der Waals surface area contributed by atoms with Gasteiger partial charge in [0.15, 0.2) is 0 Å². The fourth-order valence-corrected chi connectivity index (χ4v) is 4.61. The van der Waals surface area contributed by atoms with E-state index in [0.717, 1.165) is 4.31 Å². The van der Waals surface area contributed by atoms with Gasteiger partial charge < -0.3 is 10.8 Å². The topological polar surface area (TPSA) is 118 Å². The van der Waals surface area contributed by atoms with Crippen LogP contribution in [0.3, 0.4) is 0 Å². The normalized spacial score (nSPS) is 19.8. The van der Waals surface area contributed by atoms with Gasteiger partial charge in [0.2, 0.25) is 15.9 Å². The minimum absolute atomic E-state index is 0.0692. The van der Waals surface area contributed by atoms with E-state index >= 15 is 0 Å². The van der Waals surface area contributed by atoms with Gasteiger partial charge in [-0.1, -0.05) is 15.9 Å². The van der Waals surface area contributed by atoms with Gasteiger partial charge in [-0.25, -0.2) is 8.42 Å².